The molecule has 0 saturated carbocycles. The number of amides is 1. The number of hydrogen-bond acceptors (Lipinski definition) is 3. The number of nitrogens with one attached hydrogen (secondary N) is 1. The van der Waals surface area contributed by atoms with E-state index < -0.39 is 0 Å². The second-order valence-corrected chi connectivity index (χ2v) is 5.18. The predicted molar refractivity (Wildman–Crippen MR) is 85.4 cm³/mol. The minimum absolute atomic E-state index is 0.267. The molecule has 0 aromatic heterocycles. The Morgan fingerprint density at radius 3 is 2.77 bits per heavy atom. The first kappa shape index (κ1) is 14.4. The number of rotatable bonds is 3. The van der Waals surface area contributed by atoms with Gasteiger partial charge in [-0.15, -0.1) is 0 Å². The number of carbonyl (C=O) groups excluding carboxylic acids is 2. The zero-order chi connectivity index (χ0) is 15.7. The molecule has 2 aromatic carbocycles. The van der Waals surface area contributed by atoms with Crippen LogP contribution in [-0.2, 0) is 4.79 Å². The van der Waals surface area contributed by atoms with Gasteiger partial charge in [-0.25, -0.2) is 0 Å². The number of allylic oxidation sites excluding steroid dienone is 1. The Labute approximate surface area is 132 Å². The van der Waals surface area contributed by atoms with Crippen LogP contribution in [0.1, 0.15) is 15.9 Å². The van der Waals surface area contributed by atoms with Gasteiger partial charge in [-0.2, -0.15) is 0 Å². The number of anilines is 1. The average Bonchev–Trinajstić information content (AvgIpc) is 2.85. The molecule has 1 amide bonds. The number of benzene rings is 2. The fourth-order valence-corrected chi connectivity index (χ4v) is 2.53. The summed E-state index contributed by atoms with van der Waals surface area (Å²) in [4.78, 5) is 24.4. The van der Waals surface area contributed by atoms with E-state index in [0.717, 1.165) is 0 Å². The van der Waals surface area contributed by atoms with E-state index in [-0.39, 0.29) is 11.7 Å². The van der Waals surface area contributed by atoms with Crippen molar-refractivity contribution in [2.75, 3.05) is 12.4 Å². The highest BCUT2D eigenvalue weighted by Crippen LogP contribution is 2.37. The Kier molecular flexibility index (Phi) is 3.69. The summed E-state index contributed by atoms with van der Waals surface area (Å²) in [5, 5.41) is 3.13. The van der Waals surface area contributed by atoms with Gasteiger partial charge in [0.25, 0.3) is 5.91 Å². The molecule has 4 nitrogen and oxygen atoms in total. The van der Waals surface area contributed by atoms with Gasteiger partial charge in [0.15, 0.2) is 5.78 Å². The van der Waals surface area contributed by atoms with Crippen LogP contribution in [0.2, 0.25) is 5.02 Å². The number of halogens is 1. The third kappa shape index (κ3) is 2.49. The van der Waals surface area contributed by atoms with Crippen molar-refractivity contribution in [3.05, 3.63) is 64.7 Å². The molecule has 1 N–H and O–H groups in total. The van der Waals surface area contributed by atoms with Crippen LogP contribution in [0.15, 0.2) is 48.5 Å². The molecule has 1 aliphatic rings. The molecule has 0 bridgehead atoms. The molecule has 3 rings (SSSR count). The Hall–Kier alpha value is -2.59. The lowest BCUT2D eigenvalue weighted by Crippen LogP contribution is -2.06. The molecular formula is C17H12ClNO3. The number of ketones is 1. The number of fused-ring (bicyclic) bond motifs is 1. The zero-order valence-corrected chi connectivity index (χ0v) is 12.5. The molecule has 0 aliphatic carbocycles. The van der Waals surface area contributed by atoms with Gasteiger partial charge in [0.05, 0.1) is 23.4 Å². The molecule has 22 heavy (non-hydrogen) atoms. The highest BCUT2D eigenvalue weighted by Gasteiger charge is 2.26. The minimum atomic E-state index is -0.334. The molecule has 0 saturated heterocycles. The first-order valence-electron chi connectivity index (χ1n) is 6.60. The lowest BCUT2D eigenvalue weighted by molar-refractivity contribution is -0.110. The van der Waals surface area contributed by atoms with Gasteiger partial charge >= 0.3 is 0 Å². The maximum Gasteiger partial charge on any atom is 0.256 e. The third-order valence-corrected chi connectivity index (χ3v) is 3.73. The fraction of sp³-hybridized carbons (Fsp3) is 0.0588. The van der Waals surface area contributed by atoms with E-state index in [0.29, 0.717) is 33.2 Å². The second-order valence-electron chi connectivity index (χ2n) is 4.77. The van der Waals surface area contributed by atoms with Crippen molar-refractivity contribution in [1.29, 1.82) is 0 Å². The summed E-state index contributed by atoms with van der Waals surface area (Å²) in [6, 6.07) is 12.0. The van der Waals surface area contributed by atoms with Gasteiger partial charge in [-0.3, -0.25) is 9.59 Å². The van der Waals surface area contributed by atoms with E-state index in [9.17, 15) is 9.59 Å². The van der Waals surface area contributed by atoms with Crippen LogP contribution in [0.25, 0.3) is 5.57 Å². The summed E-state index contributed by atoms with van der Waals surface area (Å²) < 4.78 is 5.10. The molecule has 0 radical (unpaired) electrons. The number of carbonyl (C=O) groups is 2. The smallest absolute Gasteiger partial charge is 0.256 e. The zero-order valence-electron chi connectivity index (χ0n) is 11.7. The maximum atomic E-state index is 12.4. The normalized spacial score (nSPS) is 14.6. The van der Waals surface area contributed by atoms with Crippen molar-refractivity contribution < 1.29 is 14.3 Å². The van der Waals surface area contributed by atoms with Gasteiger partial charge in [-0.1, -0.05) is 35.9 Å². The Bertz CT molecular complexity index is 811. The lowest BCUT2D eigenvalue weighted by atomic mass is 10.0. The average molecular weight is 314 g/mol. The van der Waals surface area contributed by atoms with Gasteiger partial charge in [0, 0.05) is 11.1 Å². The number of ether oxygens (including phenoxy) is 1. The van der Waals surface area contributed by atoms with Crippen LogP contribution in [0.5, 0.6) is 5.75 Å². The van der Waals surface area contributed by atoms with E-state index in [4.69, 9.17) is 16.3 Å². The van der Waals surface area contributed by atoms with Crippen LogP contribution in [-0.4, -0.2) is 18.8 Å². The topological polar surface area (TPSA) is 55.4 Å². The standard InChI is InChI=1S/C17H12ClNO3/c1-22-11-5-2-4-10(8-11)15(20)9-13-12-6-3-7-14(18)16(12)19-17(13)21/h2-9H,1H3,(H,19,21)/b13-9-. The van der Waals surface area contributed by atoms with E-state index in [1.807, 2.05) is 0 Å². The monoisotopic (exact) mass is 313 g/mol. The van der Waals surface area contributed by atoms with Crippen LogP contribution in [0, 0.1) is 0 Å². The molecule has 0 fully saturated rings. The van der Waals surface area contributed by atoms with Crippen molar-refractivity contribution in [2.24, 2.45) is 0 Å². The SMILES string of the molecule is COc1cccc(C(=O)/C=C2\C(=O)Nc3c(Cl)cccc32)c1. The number of para-hydroxylation sites is 1. The van der Waals surface area contributed by atoms with Gasteiger partial charge in [0.2, 0.25) is 0 Å². The summed E-state index contributed by atoms with van der Waals surface area (Å²) in [5.74, 6) is -0.0141. The van der Waals surface area contributed by atoms with Crippen LogP contribution >= 0.6 is 11.6 Å². The van der Waals surface area contributed by atoms with Crippen LogP contribution in [0.3, 0.4) is 0 Å². The molecule has 2 aromatic rings. The van der Waals surface area contributed by atoms with E-state index in [1.54, 1.807) is 42.5 Å². The lowest BCUT2D eigenvalue weighted by Gasteiger charge is -2.02. The minimum Gasteiger partial charge on any atom is -0.497 e. The van der Waals surface area contributed by atoms with Gasteiger partial charge < -0.3 is 10.1 Å². The predicted octanol–water partition coefficient (Wildman–Crippen LogP) is 3.57. The highest BCUT2D eigenvalue weighted by atomic mass is 35.5. The molecule has 0 atom stereocenters. The Balaban J connectivity index is 2.00. The van der Waals surface area contributed by atoms with Crippen molar-refractivity contribution in [3.8, 4) is 5.75 Å². The second kappa shape index (κ2) is 5.66. The number of hydrogen-bond donors (Lipinski definition) is 1. The van der Waals surface area contributed by atoms with Crippen LogP contribution < -0.4 is 10.1 Å². The summed E-state index contributed by atoms with van der Waals surface area (Å²) in [5.41, 5.74) is 1.94. The maximum absolute atomic E-state index is 12.4. The summed E-state index contributed by atoms with van der Waals surface area (Å²) >= 11 is 6.05. The van der Waals surface area contributed by atoms with Crippen molar-refractivity contribution >= 4 is 34.6 Å². The Morgan fingerprint density at radius 1 is 1.23 bits per heavy atom. The summed E-state index contributed by atoms with van der Waals surface area (Å²) in [6.45, 7) is 0. The first-order chi connectivity index (χ1) is 10.6. The quantitative estimate of drug-likeness (QED) is 0.696. The molecule has 0 spiro atoms. The largest absolute Gasteiger partial charge is 0.497 e. The first-order valence-corrected chi connectivity index (χ1v) is 6.98. The van der Waals surface area contributed by atoms with Crippen molar-refractivity contribution in [1.82, 2.24) is 0 Å². The van der Waals surface area contributed by atoms with Crippen molar-refractivity contribution in [2.45, 2.75) is 0 Å². The van der Waals surface area contributed by atoms with Crippen LogP contribution in [0.4, 0.5) is 5.69 Å². The van der Waals surface area contributed by atoms with Crippen molar-refractivity contribution in [3.63, 3.8) is 0 Å². The van der Waals surface area contributed by atoms with E-state index >= 15 is 0 Å². The van der Waals surface area contributed by atoms with E-state index in [2.05, 4.69) is 5.32 Å². The molecule has 0 unspecified atom stereocenters. The summed E-state index contributed by atoms with van der Waals surface area (Å²) in [6.07, 6.45) is 1.33. The Morgan fingerprint density at radius 2 is 2.00 bits per heavy atom. The third-order valence-electron chi connectivity index (χ3n) is 3.42. The molecular weight excluding hydrogens is 302 g/mol. The summed E-state index contributed by atoms with van der Waals surface area (Å²) in [7, 11) is 1.53. The van der Waals surface area contributed by atoms with Gasteiger partial charge in [0.1, 0.15) is 5.75 Å². The highest BCUT2D eigenvalue weighted by molar-refractivity contribution is 6.40. The fourth-order valence-electron chi connectivity index (χ4n) is 2.31. The molecule has 110 valence electrons. The molecule has 1 aliphatic heterocycles. The number of methoxy groups -OCH3 is 1. The van der Waals surface area contributed by atoms with E-state index in [1.165, 1.54) is 13.2 Å². The van der Waals surface area contributed by atoms with Gasteiger partial charge in [-0.05, 0) is 24.3 Å². The molecule has 5 heteroatoms. The molecule has 1 heterocycles.